The molecule has 1 saturated heterocycles. The topological polar surface area (TPSA) is 18.5 Å². The molecule has 1 aliphatic heterocycles. The van der Waals surface area contributed by atoms with Crippen LogP contribution in [-0.2, 0) is 8.92 Å². The lowest BCUT2D eigenvalue weighted by molar-refractivity contribution is 0.0475. The van der Waals surface area contributed by atoms with Gasteiger partial charge in [-0.05, 0) is 25.8 Å². The van der Waals surface area contributed by atoms with Crippen LogP contribution >= 0.6 is 12.9 Å². The number of thiol groups is 1. The molecule has 3 unspecified atom stereocenters. The number of hydrogen-bond donors (Lipinski definition) is 1. The quantitative estimate of drug-likeness (QED) is 0.365. The third kappa shape index (κ3) is 1.68. The molecule has 0 saturated carbocycles. The van der Waals surface area contributed by atoms with Crippen molar-refractivity contribution in [2.45, 2.75) is 38.0 Å². The summed E-state index contributed by atoms with van der Waals surface area (Å²) in [6.45, 7) is 2.04. The lowest BCUT2D eigenvalue weighted by Crippen LogP contribution is -2.20. The average Bonchev–Trinajstić information content (AvgIpc) is 2.30. The zero-order valence-corrected chi connectivity index (χ0v) is 6.88. The minimum absolute atomic E-state index is 0.0725. The van der Waals surface area contributed by atoms with Crippen molar-refractivity contribution < 1.29 is 8.92 Å². The summed E-state index contributed by atoms with van der Waals surface area (Å²) in [6, 6.07) is -0.165. The molecule has 1 aliphatic rings. The van der Waals surface area contributed by atoms with Gasteiger partial charge < -0.3 is 8.92 Å². The molecule has 0 bridgehead atoms. The Kier molecular flexibility index (Phi) is 3.08. The van der Waals surface area contributed by atoms with Crippen LogP contribution < -0.4 is 0 Å². The Morgan fingerprint density at radius 2 is 2.50 bits per heavy atom. The van der Waals surface area contributed by atoms with Crippen LogP contribution in [0.3, 0.4) is 0 Å². The molecule has 10 heavy (non-hydrogen) atoms. The van der Waals surface area contributed by atoms with Crippen molar-refractivity contribution in [1.29, 1.82) is 0 Å². The van der Waals surface area contributed by atoms with Gasteiger partial charge in [-0.1, -0.05) is 6.92 Å². The van der Waals surface area contributed by atoms with Crippen LogP contribution in [0.15, 0.2) is 0 Å². The van der Waals surface area contributed by atoms with Crippen molar-refractivity contribution in [2.75, 3.05) is 0 Å². The molecule has 0 amide bonds. The molecule has 0 aromatic carbocycles. The van der Waals surface area contributed by atoms with Gasteiger partial charge in [0.2, 0.25) is 0 Å². The Hall–Kier alpha value is 0.335. The molecule has 1 heterocycles. The van der Waals surface area contributed by atoms with Gasteiger partial charge in [0.15, 0.2) is 0 Å². The Bertz CT molecular complexity index is 99.9. The summed E-state index contributed by atoms with van der Waals surface area (Å²) < 4.78 is 10.2. The Labute approximate surface area is 68.3 Å². The van der Waals surface area contributed by atoms with Gasteiger partial charge >= 0.3 is 0 Å². The SMILES string of the molecule is [B]C1CC(OS)C(CC)O1. The van der Waals surface area contributed by atoms with Crippen molar-refractivity contribution >= 4 is 20.8 Å². The van der Waals surface area contributed by atoms with E-state index in [0.29, 0.717) is 0 Å². The number of hydrogen-bond acceptors (Lipinski definition) is 3. The minimum atomic E-state index is -0.165. The Balaban J connectivity index is 2.41. The zero-order chi connectivity index (χ0) is 7.56. The van der Waals surface area contributed by atoms with Crippen molar-refractivity contribution in [2.24, 2.45) is 0 Å². The number of rotatable bonds is 2. The number of ether oxygens (including phenoxy) is 1. The molecule has 2 nitrogen and oxygen atoms in total. The predicted molar refractivity (Wildman–Crippen MR) is 43.2 cm³/mol. The monoisotopic (exact) mass is 158 g/mol. The smallest absolute Gasteiger partial charge is 0.109 e. The molecular formula is C6H11BO2S. The first-order valence-corrected chi connectivity index (χ1v) is 3.85. The van der Waals surface area contributed by atoms with Gasteiger partial charge in [-0.15, -0.1) is 0 Å². The molecule has 56 valence electrons. The van der Waals surface area contributed by atoms with Gasteiger partial charge in [-0.3, -0.25) is 0 Å². The maximum Gasteiger partial charge on any atom is 0.109 e. The summed E-state index contributed by atoms with van der Waals surface area (Å²) in [6.07, 6.45) is 1.89. The van der Waals surface area contributed by atoms with Crippen LogP contribution in [0.1, 0.15) is 19.8 Å². The van der Waals surface area contributed by atoms with E-state index >= 15 is 0 Å². The Morgan fingerprint density at radius 1 is 1.80 bits per heavy atom. The van der Waals surface area contributed by atoms with Gasteiger partial charge in [-0.2, -0.15) is 0 Å². The highest BCUT2D eigenvalue weighted by molar-refractivity contribution is 7.75. The van der Waals surface area contributed by atoms with Crippen LogP contribution in [0.25, 0.3) is 0 Å². The molecule has 4 heteroatoms. The van der Waals surface area contributed by atoms with Gasteiger partial charge in [0.25, 0.3) is 0 Å². The third-order valence-corrected chi connectivity index (χ3v) is 2.04. The maximum absolute atomic E-state index is 5.53. The lowest BCUT2D eigenvalue weighted by Gasteiger charge is -2.13. The highest BCUT2D eigenvalue weighted by Gasteiger charge is 2.31. The van der Waals surface area contributed by atoms with E-state index in [9.17, 15) is 0 Å². The van der Waals surface area contributed by atoms with Crippen molar-refractivity contribution in [3.05, 3.63) is 0 Å². The first kappa shape index (κ1) is 8.43. The standard InChI is InChI=1S/C6H11BO2S/c1-2-4-5(9-10)3-6(7)8-4/h4-6,10H,2-3H2,1H3. The fraction of sp³-hybridized carbons (Fsp3) is 1.00. The zero-order valence-electron chi connectivity index (χ0n) is 5.99. The second-order valence-electron chi connectivity index (χ2n) is 2.50. The molecule has 0 spiro atoms. The van der Waals surface area contributed by atoms with Crippen LogP contribution in [-0.4, -0.2) is 26.1 Å². The Morgan fingerprint density at radius 3 is 2.90 bits per heavy atom. The normalized spacial score (nSPS) is 40.4. The molecule has 3 atom stereocenters. The second kappa shape index (κ2) is 3.65. The fourth-order valence-electron chi connectivity index (χ4n) is 1.22. The van der Waals surface area contributed by atoms with Gasteiger partial charge in [0, 0.05) is 6.00 Å². The second-order valence-corrected chi connectivity index (χ2v) is 2.71. The highest BCUT2D eigenvalue weighted by Crippen LogP contribution is 2.24. The maximum atomic E-state index is 5.53. The summed E-state index contributed by atoms with van der Waals surface area (Å²) in [7, 11) is 5.53. The first-order chi connectivity index (χ1) is 4.77. The minimum Gasteiger partial charge on any atom is -0.382 e. The van der Waals surface area contributed by atoms with E-state index in [1.54, 1.807) is 0 Å². The van der Waals surface area contributed by atoms with E-state index < -0.39 is 0 Å². The summed E-state index contributed by atoms with van der Waals surface area (Å²) >= 11 is 3.73. The summed E-state index contributed by atoms with van der Waals surface area (Å²) in [5, 5.41) is 0. The largest absolute Gasteiger partial charge is 0.382 e. The van der Waals surface area contributed by atoms with Crippen molar-refractivity contribution in [1.82, 2.24) is 0 Å². The van der Waals surface area contributed by atoms with Crippen LogP contribution in [0.2, 0.25) is 0 Å². The predicted octanol–water partition coefficient (Wildman–Crippen LogP) is 0.910. The van der Waals surface area contributed by atoms with E-state index in [0.717, 1.165) is 12.8 Å². The highest BCUT2D eigenvalue weighted by atomic mass is 32.1. The van der Waals surface area contributed by atoms with E-state index in [2.05, 4.69) is 12.9 Å². The summed E-state index contributed by atoms with van der Waals surface area (Å²) in [4.78, 5) is 0. The van der Waals surface area contributed by atoms with Crippen molar-refractivity contribution in [3.63, 3.8) is 0 Å². The third-order valence-electron chi connectivity index (χ3n) is 1.77. The van der Waals surface area contributed by atoms with E-state index in [-0.39, 0.29) is 18.2 Å². The molecular weight excluding hydrogens is 147 g/mol. The lowest BCUT2D eigenvalue weighted by atomic mass is 9.96. The summed E-state index contributed by atoms with van der Waals surface area (Å²) in [5.41, 5.74) is 0. The van der Waals surface area contributed by atoms with E-state index in [4.69, 9.17) is 16.8 Å². The van der Waals surface area contributed by atoms with Crippen LogP contribution in [0.4, 0.5) is 0 Å². The molecule has 1 rings (SSSR count). The van der Waals surface area contributed by atoms with Gasteiger partial charge in [0.1, 0.15) is 7.85 Å². The summed E-state index contributed by atoms with van der Waals surface area (Å²) in [5.74, 6) is 0. The molecule has 0 aromatic rings. The van der Waals surface area contributed by atoms with Gasteiger partial charge in [-0.25, -0.2) is 0 Å². The molecule has 0 aromatic heterocycles. The fourth-order valence-corrected chi connectivity index (χ4v) is 1.44. The average molecular weight is 158 g/mol. The van der Waals surface area contributed by atoms with Crippen molar-refractivity contribution in [3.8, 4) is 0 Å². The molecule has 2 radical (unpaired) electrons. The molecule has 0 N–H and O–H groups in total. The van der Waals surface area contributed by atoms with Crippen LogP contribution in [0, 0.1) is 0 Å². The van der Waals surface area contributed by atoms with Gasteiger partial charge in [0.05, 0.1) is 12.2 Å². The first-order valence-electron chi connectivity index (χ1n) is 3.49. The van der Waals surface area contributed by atoms with E-state index in [1.807, 2.05) is 6.92 Å². The van der Waals surface area contributed by atoms with Crippen LogP contribution in [0.5, 0.6) is 0 Å². The molecule has 1 fully saturated rings. The molecule has 0 aliphatic carbocycles. The van der Waals surface area contributed by atoms with E-state index in [1.165, 1.54) is 0 Å².